The standard InChI is InChI=1S/C18H18N2O3S/c21-16-11-23-18(13-20(16)14-5-2-1-3-6-14)8-9-19(12-18)17(22)15-7-4-10-24-15/h1-7,10H,8-9,11-13H2. The molecule has 2 aliphatic rings. The fourth-order valence-electron chi connectivity index (χ4n) is 3.38. The Kier molecular flexibility index (Phi) is 3.86. The van der Waals surface area contributed by atoms with Gasteiger partial charge in [0.15, 0.2) is 0 Å². The van der Waals surface area contributed by atoms with E-state index >= 15 is 0 Å². The second-order valence-corrected chi connectivity index (χ2v) is 7.19. The zero-order valence-electron chi connectivity index (χ0n) is 13.2. The number of likely N-dealkylation sites (tertiary alicyclic amines) is 1. The summed E-state index contributed by atoms with van der Waals surface area (Å²) >= 11 is 1.45. The van der Waals surface area contributed by atoms with Gasteiger partial charge in [-0.15, -0.1) is 11.3 Å². The molecule has 5 nitrogen and oxygen atoms in total. The Morgan fingerprint density at radius 2 is 1.96 bits per heavy atom. The molecule has 0 N–H and O–H groups in total. The third-order valence-corrected chi connectivity index (χ3v) is 5.51. The number of hydrogen-bond acceptors (Lipinski definition) is 4. The van der Waals surface area contributed by atoms with Crippen molar-refractivity contribution in [1.29, 1.82) is 0 Å². The summed E-state index contributed by atoms with van der Waals surface area (Å²) in [5.41, 5.74) is 0.421. The van der Waals surface area contributed by atoms with Gasteiger partial charge in [0.1, 0.15) is 12.2 Å². The summed E-state index contributed by atoms with van der Waals surface area (Å²) in [6.45, 7) is 1.74. The average Bonchev–Trinajstić information content (AvgIpc) is 3.28. The van der Waals surface area contributed by atoms with Crippen molar-refractivity contribution in [2.75, 3.05) is 31.1 Å². The number of carbonyl (C=O) groups is 2. The molecule has 0 saturated carbocycles. The number of amides is 2. The average molecular weight is 342 g/mol. The number of anilines is 1. The molecular formula is C18H18N2O3S. The molecule has 0 aliphatic carbocycles. The zero-order chi connectivity index (χ0) is 16.6. The largest absolute Gasteiger partial charge is 0.361 e. The van der Waals surface area contributed by atoms with E-state index in [1.54, 1.807) is 4.90 Å². The van der Waals surface area contributed by atoms with Crippen LogP contribution in [0.2, 0.25) is 0 Å². The predicted octanol–water partition coefficient (Wildman–Crippen LogP) is 2.40. The van der Waals surface area contributed by atoms with E-state index in [9.17, 15) is 9.59 Å². The smallest absolute Gasteiger partial charge is 0.264 e. The summed E-state index contributed by atoms with van der Waals surface area (Å²) in [6, 6.07) is 13.4. The molecule has 6 heteroatoms. The summed E-state index contributed by atoms with van der Waals surface area (Å²) < 4.78 is 5.91. The normalized spacial score (nSPS) is 23.9. The van der Waals surface area contributed by atoms with Crippen LogP contribution in [0.5, 0.6) is 0 Å². The molecule has 24 heavy (non-hydrogen) atoms. The lowest BCUT2D eigenvalue weighted by Crippen LogP contribution is -2.56. The molecule has 1 spiro atoms. The molecule has 124 valence electrons. The Morgan fingerprint density at radius 1 is 1.12 bits per heavy atom. The van der Waals surface area contributed by atoms with Crippen LogP contribution in [0.15, 0.2) is 47.8 Å². The molecular weight excluding hydrogens is 324 g/mol. The summed E-state index contributed by atoms with van der Waals surface area (Å²) in [4.78, 5) is 29.2. The number of para-hydroxylation sites is 1. The number of ether oxygens (including phenoxy) is 1. The van der Waals surface area contributed by atoms with Crippen molar-refractivity contribution >= 4 is 28.8 Å². The minimum Gasteiger partial charge on any atom is -0.361 e. The molecule has 2 amide bonds. The molecule has 2 aliphatic heterocycles. The molecule has 1 unspecified atom stereocenters. The van der Waals surface area contributed by atoms with Crippen LogP contribution in [0.3, 0.4) is 0 Å². The lowest BCUT2D eigenvalue weighted by atomic mass is 10.00. The Hall–Kier alpha value is -2.18. The van der Waals surface area contributed by atoms with E-state index in [0.29, 0.717) is 19.6 Å². The fourth-order valence-corrected chi connectivity index (χ4v) is 4.07. The van der Waals surface area contributed by atoms with Crippen LogP contribution < -0.4 is 4.90 Å². The molecule has 0 radical (unpaired) electrons. The highest BCUT2D eigenvalue weighted by atomic mass is 32.1. The van der Waals surface area contributed by atoms with Gasteiger partial charge in [-0.2, -0.15) is 0 Å². The number of nitrogens with zero attached hydrogens (tertiary/aromatic N) is 2. The van der Waals surface area contributed by atoms with Crippen molar-refractivity contribution in [3.63, 3.8) is 0 Å². The number of carbonyl (C=O) groups excluding carboxylic acids is 2. The number of morpholine rings is 1. The molecule has 3 heterocycles. The summed E-state index contributed by atoms with van der Waals surface area (Å²) in [5.74, 6) is 0.0171. The lowest BCUT2D eigenvalue weighted by Gasteiger charge is -2.40. The quantitative estimate of drug-likeness (QED) is 0.842. The lowest BCUT2D eigenvalue weighted by molar-refractivity contribution is -0.137. The van der Waals surface area contributed by atoms with Crippen molar-refractivity contribution in [3.05, 3.63) is 52.7 Å². The number of rotatable bonds is 2. The van der Waals surface area contributed by atoms with Gasteiger partial charge in [-0.05, 0) is 30.0 Å². The van der Waals surface area contributed by atoms with Crippen molar-refractivity contribution in [3.8, 4) is 0 Å². The number of thiophene rings is 1. The maximum atomic E-state index is 12.6. The topological polar surface area (TPSA) is 49.9 Å². The van der Waals surface area contributed by atoms with Gasteiger partial charge in [-0.25, -0.2) is 0 Å². The van der Waals surface area contributed by atoms with Gasteiger partial charge in [0.05, 0.1) is 18.0 Å². The fraction of sp³-hybridized carbons (Fsp3) is 0.333. The van der Waals surface area contributed by atoms with Gasteiger partial charge in [0, 0.05) is 12.2 Å². The van der Waals surface area contributed by atoms with E-state index in [2.05, 4.69) is 0 Å². The predicted molar refractivity (Wildman–Crippen MR) is 92.3 cm³/mol. The molecule has 2 fully saturated rings. The zero-order valence-corrected chi connectivity index (χ0v) is 14.0. The van der Waals surface area contributed by atoms with Crippen LogP contribution in [0.25, 0.3) is 0 Å². The van der Waals surface area contributed by atoms with Gasteiger partial charge in [0.25, 0.3) is 11.8 Å². The molecule has 1 atom stereocenters. The van der Waals surface area contributed by atoms with Gasteiger partial charge in [-0.3, -0.25) is 9.59 Å². The molecule has 1 aromatic heterocycles. The van der Waals surface area contributed by atoms with E-state index in [0.717, 1.165) is 17.0 Å². The number of benzene rings is 1. The molecule has 2 saturated heterocycles. The monoisotopic (exact) mass is 342 g/mol. The Morgan fingerprint density at radius 3 is 2.71 bits per heavy atom. The molecule has 2 aromatic rings. The molecule has 1 aromatic carbocycles. The first kappa shape index (κ1) is 15.4. The van der Waals surface area contributed by atoms with Crippen LogP contribution in [0, 0.1) is 0 Å². The third-order valence-electron chi connectivity index (χ3n) is 4.65. The first-order valence-corrected chi connectivity index (χ1v) is 8.87. The minimum absolute atomic E-state index is 0.0325. The molecule has 4 rings (SSSR count). The van der Waals surface area contributed by atoms with Crippen molar-refractivity contribution < 1.29 is 14.3 Å². The maximum absolute atomic E-state index is 12.6. The summed E-state index contributed by atoms with van der Waals surface area (Å²) in [5, 5.41) is 1.91. The van der Waals surface area contributed by atoms with Crippen molar-refractivity contribution in [2.24, 2.45) is 0 Å². The SMILES string of the molecule is O=C(c1cccs1)N1CCC2(C1)CN(c1ccccc1)C(=O)CO2. The second kappa shape index (κ2) is 6.03. The Labute approximate surface area is 144 Å². The second-order valence-electron chi connectivity index (χ2n) is 6.24. The van der Waals surface area contributed by atoms with E-state index < -0.39 is 5.60 Å². The first-order valence-electron chi connectivity index (χ1n) is 7.99. The maximum Gasteiger partial charge on any atom is 0.264 e. The van der Waals surface area contributed by atoms with Gasteiger partial charge >= 0.3 is 0 Å². The van der Waals surface area contributed by atoms with Gasteiger partial charge in [-0.1, -0.05) is 24.3 Å². The van der Waals surface area contributed by atoms with Crippen molar-refractivity contribution in [1.82, 2.24) is 4.90 Å². The molecule has 0 bridgehead atoms. The first-order chi connectivity index (χ1) is 11.7. The third kappa shape index (κ3) is 2.72. The van der Waals surface area contributed by atoms with Crippen molar-refractivity contribution in [2.45, 2.75) is 12.0 Å². The highest BCUT2D eigenvalue weighted by molar-refractivity contribution is 7.12. The summed E-state index contributed by atoms with van der Waals surface area (Å²) in [6.07, 6.45) is 0.751. The van der Waals surface area contributed by atoms with Crippen LogP contribution in [-0.2, 0) is 9.53 Å². The summed E-state index contributed by atoms with van der Waals surface area (Å²) in [7, 11) is 0. The number of hydrogen-bond donors (Lipinski definition) is 0. The van der Waals surface area contributed by atoms with Crippen LogP contribution in [-0.4, -0.2) is 48.6 Å². The highest BCUT2D eigenvalue weighted by Gasteiger charge is 2.46. The van der Waals surface area contributed by atoms with E-state index in [-0.39, 0.29) is 18.4 Å². The highest BCUT2D eigenvalue weighted by Crippen LogP contribution is 2.33. The van der Waals surface area contributed by atoms with E-state index in [1.807, 2.05) is 52.7 Å². The van der Waals surface area contributed by atoms with Crippen LogP contribution >= 0.6 is 11.3 Å². The van der Waals surface area contributed by atoms with E-state index in [4.69, 9.17) is 4.74 Å². The van der Waals surface area contributed by atoms with Crippen LogP contribution in [0.1, 0.15) is 16.1 Å². The Balaban J connectivity index is 1.52. The van der Waals surface area contributed by atoms with Gasteiger partial charge < -0.3 is 14.5 Å². The Bertz CT molecular complexity index is 747. The van der Waals surface area contributed by atoms with Gasteiger partial charge in [0.2, 0.25) is 0 Å². The van der Waals surface area contributed by atoms with Crippen LogP contribution in [0.4, 0.5) is 5.69 Å². The van der Waals surface area contributed by atoms with E-state index in [1.165, 1.54) is 11.3 Å². The minimum atomic E-state index is -0.462.